The van der Waals surface area contributed by atoms with E-state index < -0.39 is 0 Å². The second-order valence-corrected chi connectivity index (χ2v) is 7.23. The lowest BCUT2D eigenvalue weighted by molar-refractivity contribution is -0.116. The third-order valence-electron chi connectivity index (χ3n) is 4.35. The van der Waals surface area contributed by atoms with Crippen molar-refractivity contribution in [1.82, 2.24) is 9.97 Å². The predicted octanol–water partition coefficient (Wildman–Crippen LogP) is 4.62. The van der Waals surface area contributed by atoms with Crippen molar-refractivity contribution < 1.29 is 9.90 Å². The summed E-state index contributed by atoms with van der Waals surface area (Å²) in [7, 11) is 0. The van der Waals surface area contributed by atoms with Gasteiger partial charge < -0.3 is 10.4 Å². The molecule has 0 saturated carbocycles. The molecule has 3 aromatic rings. The summed E-state index contributed by atoms with van der Waals surface area (Å²) in [6, 6.07) is 16.8. The molecule has 28 heavy (non-hydrogen) atoms. The highest BCUT2D eigenvalue weighted by atomic mass is 16.3. The summed E-state index contributed by atoms with van der Waals surface area (Å²) in [5, 5.41) is 12.4. The van der Waals surface area contributed by atoms with Gasteiger partial charge in [-0.3, -0.25) is 4.79 Å². The molecule has 1 amide bonds. The van der Waals surface area contributed by atoms with Gasteiger partial charge in [0, 0.05) is 12.0 Å². The third kappa shape index (κ3) is 5.39. The summed E-state index contributed by atoms with van der Waals surface area (Å²) in [6.45, 7) is 4.21. The Balaban J connectivity index is 1.75. The minimum atomic E-state index is -0.0689. The quantitative estimate of drug-likeness (QED) is 0.632. The first-order chi connectivity index (χ1) is 13.5. The second-order valence-electron chi connectivity index (χ2n) is 7.23. The van der Waals surface area contributed by atoms with Gasteiger partial charge in [-0.05, 0) is 48.6 Å². The Bertz CT molecular complexity index is 922. The van der Waals surface area contributed by atoms with E-state index in [4.69, 9.17) is 4.98 Å². The van der Waals surface area contributed by atoms with Crippen molar-refractivity contribution in [3.63, 3.8) is 0 Å². The van der Waals surface area contributed by atoms with Crippen molar-refractivity contribution in [2.24, 2.45) is 5.92 Å². The van der Waals surface area contributed by atoms with Gasteiger partial charge in [0.15, 0.2) is 5.82 Å². The largest absolute Gasteiger partial charge is 0.508 e. The summed E-state index contributed by atoms with van der Waals surface area (Å²) < 4.78 is 0. The lowest BCUT2D eigenvalue weighted by Crippen LogP contribution is -2.16. The molecule has 2 aromatic carbocycles. The summed E-state index contributed by atoms with van der Waals surface area (Å²) in [6.07, 6.45) is 3.45. The topological polar surface area (TPSA) is 75.1 Å². The highest BCUT2D eigenvalue weighted by molar-refractivity contribution is 5.90. The van der Waals surface area contributed by atoms with Crippen molar-refractivity contribution in [2.75, 3.05) is 5.32 Å². The summed E-state index contributed by atoms with van der Waals surface area (Å²) in [4.78, 5) is 21.6. The minimum absolute atomic E-state index is 0.0689. The van der Waals surface area contributed by atoms with E-state index in [0.717, 1.165) is 22.5 Å². The van der Waals surface area contributed by atoms with Crippen LogP contribution in [0.3, 0.4) is 0 Å². The number of nitrogens with zero attached hydrogens (tertiary/aromatic N) is 2. The van der Waals surface area contributed by atoms with Crippen LogP contribution in [0.4, 0.5) is 5.82 Å². The van der Waals surface area contributed by atoms with E-state index in [2.05, 4.69) is 24.1 Å². The number of carbonyl (C=O) groups is 1. The zero-order chi connectivity index (χ0) is 19.9. The van der Waals surface area contributed by atoms with E-state index in [1.807, 2.05) is 30.3 Å². The van der Waals surface area contributed by atoms with E-state index >= 15 is 0 Å². The van der Waals surface area contributed by atoms with Crippen LogP contribution in [0.2, 0.25) is 0 Å². The Morgan fingerprint density at radius 1 is 1.07 bits per heavy atom. The Hall–Kier alpha value is -3.21. The van der Waals surface area contributed by atoms with Crippen molar-refractivity contribution in [3.05, 3.63) is 72.1 Å². The molecule has 144 valence electrons. The zero-order valence-corrected chi connectivity index (χ0v) is 16.2. The normalized spacial score (nSPS) is 10.8. The highest BCUT2D eigenvalue weighted by Crippen LogP contribution is 2.23. The maximum Gasteiger partial charge on any atom is 0.225 e. The molecule has 2 N–H and O–H groups in total. The zero-order valence-electron chi connectivity index (χ0n) is 16.2. The maximum atomic E-state index is 12.4. The molecule has 0 atom stereocenters. The average Bonchev–Trinajstić information content (AvgIpc) is 2.69. The van der Waals surface area contributed by atoms with Gasteiger partial charge in [-0.1, -0.05) is 44.2 Å². The number of phenols is 1. The number of hydrogen-bond acceptors (Lipinski definition) is 4. The van der Waals surface area contributed by atoms with Gasteiger partial charge in [-0.15, -0.1) is 0 Å². The first-order valence-electron chi connectivity index (χ1n) is 9.50. The van der Waals surface area contributed by atoms with E-state index in [0.29, 0.717) is 31.0 Å². The van der Waals surface area contributed by atoms with Gasteiger partial charge in [0.05, 0.1) is 17.6 Å². The molecule has 0 saturated heterocycles. The molecule has 5 nitrogen and oxygen atoms in total. The molecule has 0 fully saturated rings. The number of phenolic OH excluding ortho intramolecular Hbond substituents is 1. The van der Waals surface area contributed by atoms with Crippen LogP contribution in [0.15, 0.2) is 60.8 Å². The number of rotatable bonds is 7. The van der Waals surface area contributed by atoms with Crippen LogP contribution in [0, 0.1) is 5.92 Å². The number of carbonyl (C=O) groups excluding carboxylic acids is 1. The molecule has 0 unspecified atom stereocenters. The van der Waals surface area contributed by atoms with Crippen molar-refractivity contribution in [3.8, 4) is 17.0 Å². The molecule has 0 radical (unpaired) electrons. The molecular formula is C23H25N3O2. The van der Waals surface area contributed by atoms with Gasteiger partial charge in [0.25, 0.3) is 0 Å². The lowest BCUT2D eigenvalue weighted by atomic mass is 10.1. The standard InChI is InChI=1S/C23H25N3O2/c1-16(2)14-20-23(26-22(28)13-8-17-6-4-3-5-7-17)24-15-21(25-20)18-9-11-19(27)12-10-18/h3-7,9-12,15-16,27H,8,13-14H2,1-2H3,(H,24,26,28). The van der Waals surface area contributed by atoms with Gasteiger partial charge in [-0.2, -0.15) is 0 Å². The number of aromatic nitrogens is 2. The molecule has 0 aliphatic carbocycles. The minimum Gasteiger partial charge on any atom is -0.508 e. The average molecular weight is 375 g/mol. The summed E-state index contributed by atoms with van der Waals surface area (Å²) in [5.74, 6) is 1.04. The molecule has 0 aliphatic heterocycles. The van der Waals surface area contributed by atoms with Gasteiger partial charge >= 0.3 is 0 Å². The SMILES string of the molecule is CC(C)Cc1nc(-c2ccc(O)cc2)cnc1NC(=O)CCc1ccccc1. The van der Waals surface area contributed by atoms with E-state index in [-0.39, 0.29) is 11.7 Å². The fourth-order valence-corrected chi connectivity index (χ4v) is 2.93. The van der Waals surface area contributed by atoms with Crippen LogP contribution in [0.5, 0.6) is 5.75 Å². The molecule has 0 aliphatic rings. The van der Waals surface area contributed by atoms with Crippen molar-refractivity contribution >= 4 is 11.7 Å². The summed E-state index contributed by atoms with van der Waals surface area (Å²) in [5.41, 5.74) is 3.50. The Morgan fingerprint density at radius 2 is 1.79 bits per heavy atom. The first kappa shape index (κ1) is 19.5. The van der Waals surface area contributed by atoms with Crippen LogP contribution >= 0.6 is 0 Å². The van der Waals surface area contributed by atoms with Gasteiger partial charge in [-0.25, -0.2) is 9.97 Å². The van der Waals surface area contributed by atoms with Crippen LogP contribution in [0.1, 0.15) is 31.5 Å². The molecule has 3 rings (SSSR count). The van der Waals surface area contributed by atoms with Crippen LogP contribution in [-0.4, -0.2) is 21.0 Å². The lowest BCUT2D eigenvalue weighted by Gasteiger charge is -2.13. The first-order valence-corrected chi connectivity index (χ1v) is 9.50. The third-order valence-corrected chi connectivity index (χ3v) is 4.35. The number of nitrogens with one attached hydrogen (secondary N) is 1. The highest BCUT2D eigenvalue weighted by Gasteiger charge is 2.13. The number of amides is 1. The second kappa shape index (κ2) is 9.13. The fourth-order valence-electron chi connectivity index (χ4n) is 2.93. The predicted molar refractivity (Wildman–Crippen MR) is 111 cm³/mol. The van der Waals surface area contributed by atoms with Crippen molar-refractivity contribution in [1.29, 1.82) is 0 Å². The van der Waals surface area contributed by atoms with Gasteiger partial charge in [0.1, 0.15) is 5.75 Å². The van der Waals surface area contributed by atoms with E-state index in [1.54, 1.807) is 30.5 Å². The molecule has 5 heteroatoms. The van der Waals surface area contributed by atoms with Crippen LogP contribution in [0.25, 0.3) is 11.3 Å². The Morgan fingerprint density at radius 3 is 2.46 bits per heavy atom. The number of aromatic hydroxyl groups is 1. The van der Waals surface area contributed by atoms with E-state index in [9.17, 15) is 9.90 Å². The van der Waals surface area contributed by atoms with Crippen molar-refractivity contribution in [2.45, 2.75) is 33.1 Å². The molecule has 1 aromatic heterocycles. The maximum absolute atomic E-state index is 12.4. The van der Waals surface area contributed by atoms with Crippen LogP contribution in [-0.2, 0) is 17.6 Å². The van der Waals surface area contributed by atoms with E-state index in [1.165, 1.54) is 0 Å². The fraction of sp³-hybridized carbons (Fsp3) is 0.261. The molecule has 0 spiro atoms. The monoisotopic (exact) mass is 375 g/mol. The number of hydrogen-bond donors (Lipinski definition) is 2. The Kier molecular flexibility index (Phi) is 6.37. The molecule has 1 heterocycles. The number of benzene rings is 2. The smallest absolute Gasteiger partial charge is 0.225 e. The number of aryl methyl sites for hydroxylation is 1. The summed E-state index contributed by atoms with van der Waals surface area (Å²) >= 11 is 0. The van der Waals surface area contributed by atoms with Crippen LogP contribution < -0.4 is 5.32 Å². The van der Waals surface area contributed by atoms with Gasteiger partial charge in [0.2, 0.25) is 5.91 Å². The Labute approximate surface area is 165 Å². The number of anilines is 1. The molecular weight excluding hydrogens is 350 g/mol. The molecule has 0 bridgehead atoms.